The van der Waals surface area contributed by atoms with E-state index in [0.29, 0.717) is 5.92 Å². The van der Waals surface area contributed by atoms with E-state index >= 15 is 0 Å². The van der Waals surface area contributed by atoms with Gasteiger partial charge < -0.3 is 9.80 Å². The standard InChI is InChI=1S/C14H26N2O2/c1-11(13-8-6-5-7-9-13)16(12(2)17)10-14(18)15(3)4/h11,13H,5-10H2,1-4H3. The lowest BCUT2D eigenvalue weighted by molar-refractivity contribution is -0.140. The van der Waals surface area contributed by atoms with E-state index in [-0.39, 0.29) is 24.4 Å². The first-order chi connectivity index (χ1) is 8.43. The summed E-state index contributed by atoms with van der Waals surface area (Å²) in [4.78, 5) is 26.8. The van der Waals surface area contributed by atoms with Crippen LogP contribution in [-0.4, -0.2) is 48.3 Å². The van der Waals surface area contributed by atoms with Gasteiger partial charge in [-0.05, 0) is 25.7 Å². The van der Waals surface area contributed by atoms with E-state index in [1.807, 2.05) is 0 Å². The SMILES string of the molecule is CC(=O)N(CC(=O)N(C)C)C(C)C1CCCCC1. The highest BCUT2D eigenvalue weighted by Gasteiger charge is 2.28. The molecule has 1 atom stereocenters. The Bertz CT molecular complexity index is 296. The summed E-state index contributed by atoms with van der Waals surface area (Å²) in [5, 5.41) is 0. The fourth-order valence-electron chi connectivity index (χ4n) is 2.70. The highest BCUT2D eigenvalue weighted by atomic mass is 16.2. The van der Waals surface area contributed by atoms with Crippen molar-refractivity contribution in [2.45, 2.75) is 52.0 Å². The van der Waals surface area contributed by atoms with Crippen molar-refractivity contribution >= 4 is 11.8 Å². The summed E-state index contributed by atoms with van der Waals surface area (Å²) in [6, 6.07) is 0.173. The fraction of sp³-hybridized carbons (Fsp3) is 0.857. The predicted molar refractivity (Wildman–Crippen MR) is 72.1 cm³/mol. The first-order valence-electron chi connectivity index (χ1n) is 6.91. The van der Waals surface area contributed by atoms with Crippen LogP contribution in [0.25, 0.3) is 0 Å². The zero-order valence-corrected chi connectivity index (χ0v) is 12.1. The number of hydrogen-bond donors (Lipinski definition) is 0. The Morgan fingerprint density at radius 3 is 2.17 bits per heavy atom. The van der Waals surface area contributed by atoms with Crippen molar-refractivity contribution in [3.05, 3.63) is 0 Å². The molecule has 4 nitrogen and oxygen atoms in total. The van der Waals surface area contributed by atoms with Crippen molar-refractivity contribution in [1.29, 1.82) is 0 Å². The van der Waals surface area contributed by atoms with Gasteiger partial charge in [0.15, 0.2) is 0 Å². The van der Waals surface area contributed by atoms with Crippen LogP contribution in [0.1, 0.15) is 46.0 Å². The topological polar surface area (TPSA) is 40.6 Å². The van der Waals surface area contributed by atoms with Crippen LogP contribution < -0.4 is 0 Å². The van der Waals surface area contributed by atoms with Gasteiger partial charge in [0.05, 0.1) is 6.54 Å². The summed E-state index contributed by atoms with van der Waals surface area (Å²) >= 11 is 0. The largest absolute Gasteiger partial charge is 0.347 e. The maximum atomic E-state index is 11.8. The molecule has 0 N–H and O–H groups in total. The van der Waals surface area contributed by atoms with Crippen LogP contribution in [-0.2, 0) is 9.59 Å². The molecule has 1 fully saturated rings. The Kier molecular flexibility index (Phi) is 5.63. The average molecular weight is 254 g/mol. The van der Waals surface area contributed by atoms with Crippen LogP contribution in [0.3, 0.4) is 0 Å². The molecule has 4 heteroatoms. The molecule has 1 aliphatic carbocycles. The van der Waals surface area contributed by atoms with Gasteiger partial charge in [-0.1, -0.05) is 19.3 Å². The second-order valence-electron chi connectivity index (χ2n) is 5.57. The molecule has 104 valence electrons. The Hall–Kier alpha value is -1.06. The van der Waals surface area contributed by atoms with E-state index in [1.54, 1.807) is 30.8 Å². The quantitative estimate of drug-likeness (QED) is 0.768. The zero-order valence-electron chi connectivity index (χ0n) is 12.1. The van der Waals surface area contributed by atoms with Gasteiger partial charge in [-0.25, -0.2) is 0 Å². The molecular formula is C14H26N2O2. The Labute approximate surface area is 110 Å². The Morgan fingerprint density at radius 1 is 1.17 bits per heavy atom. The Balaban J connectivity index is 2.65. The monoisotopic (exact) mass is 254 g/mol. The fourth-order valence-corrected chi connectivity index (χ4v) is 2.70. The molecule has 1 rings (SSSR count). The van der Waals surface area contributed by atoms with Crippen LogP contribution in [0.2, 0.25) is 0 Å². The molecule has 0 heterocycles. The van der Waals surface area contributed by atoms with Crippen LogP contribution in [0.15, 0.2) is 0 Å². The average Bonchev–Trinajstić information content (AvgIpc) is 2.35. The van der Waals surface area contributed by atoms with Gasteiger partial charge >= 0.3 is 0 Å². The third-order valence-corrected chi connectivity index (χ3v) is 4.03. The molecule has 0 aromatic carbocycles. The maximum Gasteiger partial charge on any atom is 0.241 e. The molecule has 1 saturated carbocycles. The molecule has 0 spiro atoms. The summed E-state index contributed by atoms with van der Waals surface area (Å²) < 4.78 is 0. The minimum atomic E-state index is -0.00661. The van der Waals surface area contributed by atoms with E-state index in [9.17, 15) is 9.59 Å². The summed E-state index contributed by atoms with van der Waals surface area (Å²) in [6.45, 7) is 3.85. The summed E-state index contributed by atoms with van der Waals surface area (Å²) in [5.74, 6) is 0.550. The van der Waals surface area contributed by atoms with Gasteiger partial charge in [-0.15, -0.1) is 0 Å². The second kappa shape index (κ2) is 6.76. The van der Waals surface area contributed by atoms with Gasteiger partial charge in [-0.3, -0.25) is 9.59 Å². The number of carbonyl (C=O) groups excluding carboxylic acids is 2. The van der Waals surface area contributed by atoms with Gasteiger partial charge in [0, 0.05) is 27.1 Å². The highest BCUT2D eigenvalue weighted by molar-refractivity contribution is 5.83. The van der Waals surface area contributed by atoms with Crippen LogP contribution in [0.5, 0.6) is 0 Å². The van der Waals surface area contributed by atoms with E-state index < -0.39 is 0 Å². The molecular weight excluding hydrogens is 228 g/mol. The van der Waals surface area contributed by atoms with Gasteiger partial charge in [0.1, 0.15) is 0 Å². The van der Waals surface area contributed by atoms with Crippen molar-refractivity contribution in [1.82, 2.24) is 9.80 Å². The second-order valence-corrected chi connectivity index (χ2v) is 5.57. The van der Waals surface area contributed by atoms with Crippen LogP contribution >= 0.6 is 0 Å². The van der Waals surface area contributed by atoms with Crippen LogP contribution in [0, 0.1) is 5.92 Å². The number of likely N-dealkylation sites (N-methyl/N-ethyl adjacent to an activating group) is 1. The van der Waals surface area contributed by atoms with Crippen molar-refractivity contribution in [2.75, 3.05) is 20.6 Å². The lowest BCUT2D eigenvalue weighted by atomic mass is 9.84. The molecule has 0 aromatic heterocycles. The molecule has 0 aromatic rings. The van der Waals surface area contributed by atoms with Crippen LogP contribution in [0.4, 0.5) is 0 Å². The van der Waals surface area contributed by atoms with E-state index in [0.717, 1.165) is 0 Å². The molecule has 0 saturated heterocycles. The number of carbonyl (C=O) groups is 2. The van der Waals surface area contributed by atoms with Crippen molar-refractivity contribution in [3.8, 4) is 0 Å². The predicted octanol–water partition coefficient (Wildman–Crippen LogP) is 1.89. The lowest BCUT2D eigenvalue weighted by Gasteiger charge is -2.36. The number of nitrogens with zero attached hydrogens (tertiary/aromatic N) is 2. The first kappa shape index (κ1) is 15.0. The van der Waals surface area contributed by atoms with Crippen molar-refractivity contribution < 1.29 is 9.59 Å². The van der Waals surface area contributed by atoms with Gasteiger partial charge in [0.2, 0.25) is 11.8 Å². The molecule has 1 aliphatic rings. The third-order valence-electron chi connectivity index (χ3n) is 4.03. The van der Waals surface area contributed by atoms with Gasteiger partial charge in [0.25, 0.3) is 0 Å². The number of amides is 2. The van der Waals surface area contributed by atoms with Gasteiger partial charge in [-0.2, -0.15) is 0 Å². The molecule has 2 amide bonds. The zero-order chi connectivity index (χ0) is 13.7. The summed E-state index contributed by atoms with van der Waals surface area (Å²) in [5.41, 5.74) is 0. The minimum Gasteiger partial charge on any atom is -0.347 e. The highest BCUT2D eigenvalue weighted by Crippen LogP contribution is 2.28. The minimum absolute atomic E-state index is 0.00303. The molecule has 0 radical (unpaired) electrons. The van der Waals surface area contributed by atoms with Crippen molar-refractivity contribution in [2.24, 2.45) is 5.92 Å². The molecule has 1 unspecified atom stereocenters. The normalized spacial score (nSPS) is 18.2. The smallest absolute Gasteiger partial charge is 0.241 e. The summed E-state index contributed by atoms with van der Waals surface area (Å²) in [7, 11) is 3.46. The van der Waals surface area contributed by atoms with E-state index in [1.165, 1.54) is 32.1 Å². The summed E-state index contributed by atoms with van der Waals surface area (Å²) in [6.07, 6.45) is 6.17. The van der Waals surface area contributed by atoms with E-state index in [4.69, 9.17) is 0 Å². The number of rotatable bonds is 4. The molecule has 18 heavy (non-hydrogen) atoms. The van der Waals surface area contributed by atoms with E-state index in [2.05, 4.69) is 6.92 Å². The lowest BCUT2D eigenvalue weighted by Crippen LogP contribution is -2.47. The third kappa shape index (κ3) is 4.00. The van der Waals surface area contributed by atoms with Crippen molar-refractivity contribution in [3.63, 3.8) is 0 Å². The number of hydrogen-bond acceptors (Lipinski definition) is 2. The first-order valence-corrected chi connectivity index (χ1v) is 6.91. The Morgan fingerprint density at radius 2 is 1.72 bits per heavy atom. The molecule has 0 bridgehead atoms. The molecule has 0 aliphatic heterocycles. The maximum absolute atomic E-state index is 11.8.